The van der Waals surface area contributed by atoms with Crippen LogP contribution in [0.1, 0.15) is 5.69 Å². The van der Waals surface area contributed by atoms with Gasteiger partial charge in [0.15, 0.2) is 18.2 Å². The van der Waals surface area contributed by atoms with Crippen LogP contribution in [0, 0.1) is 6.92 Å². The number of nitrogens with zero attached hydrogens (tertiary/aromatic N) is 6. The maximum atomic E-state index is 12.5. The second-order valence-corrected chi connectivity index (χ2v) is 7.63. The zero-order valence-electron chi connectivity index (χ0n) is 17.7. The molecule has 1 aliphatic heterocycles. The number of ether oxygens (including phenoxy) is 1. The standard InChI is InChI=1S/C22H24N8O2/c1-16-14-19(26-25-16)23-21-18-8-5-9-30(18)27-22(24-21)29-12-10-28(11-13-29)20(31)15-32-17-6-3-2-4-7-17/h2-9,14H,10-13,15H2,1H3,(H2,23,24,25,26,27). The number of aromatic nitrogens is 5. The summed E-state index contributed by atoms with van der Waals surface area (Å²) >= 11 is 0. The Bertz CT molecular complexity index is 1210. The summed E-state index contributed by atoms with van der Waals surface area (Å²) in [6.07, 6.45) is 1.89. The van der Waals surface area contributed by atoms with Gasteiger partial charge in [0, 0.05) is 44.1 Å². The van der Waals surface area contributed by atoms with E-state index in [1.54, 1.807) is 4.52 Å². The van der Waals surface area contributed by atoms with Gasteiger partial charge in [-0.1, -0.05) is 18.2 Å². The molecule has 1 aliphatic rings. The second kappa shape index (κ2) is 8.58. The molecular weight excluding hydrogens is 408 g/mol. The fourth-order valence-corrected chi connectivity index (χ4v) is 3.66. The van der Waals surface area contributed by atoms with E-state index >= 15 is 0 Å². The third-order valence-corrected chi connectivity index (χ3v) is 5.35. The topological polar surface area (TPSA) is 104 Å². The fourth-order valence-electron chi connectivity index (χ4n) is 3.66. The molecule has 0 spiro atoms. The van der Waals surface area contributed by atoms with Gasteiger partial charge in [0.2, 0.25) is 5.95 Å². The number of piperazine rings is 1. The number of aromatic amines is 1. The van der Waals surface area contributed by atoms with Crippen LogP contribution in [0.2, 0.25) is 0 Å². The lowest BCUT2D eigenvalue weighted by Crippen LogP contribution is -2.50. The van der Waals surface area contributed by atoms with Crippen molar-refractivity contribution in [1.82, 2.24) is 29.7 Å². The lowest BCUT2D eigenvalue weighted by Gasteiger charge is -2.34. The van der Waals surface area contributed by atoms with Crippen LogP contribution in [0.25, 0.3) is 5.52 Å². The van der Waals surface area contributed by atoms with Gasteiger partial charge in [0.25, 0.3) is 5.91 Å². The Balaban J connectivity index is 1.25. The van der Waals surface area contributed by atoms with E-state index in [1.807, 2.05) is 66.6 Å². The Hall–Kier alpha value is -4.08. The predicted molar refractivity (Wildman–Crippen MR) is 120 cm³/mol. The molecule has 164 valence electrons. The number of carbonyl (C=O) groups excluding carboxylic acids is 1. The van der Waals surface area contributed by atoms with Crippen molar-refractivity contribution in [2.75, 3.05) is 43.0 Å². The summed E-state index contributed by atoms with van der Waals surface area (Å²) in [6.45, 7) is 4.45. The first-order chi connectivity index (χ1) is 15.7. The highest BCUT2D eigenvalue weighted by molar-refractivity contribution is 5.78. The molecule has 1 aromatic carbocycles. The maximum absolute atomic E-state index is 12.5. The smallest absolute Gasteiger partial charge is 0.260 e. The number of hydrogen-bond acceptors (Lipinski definition) is 7. The first-order valence-electron chi connectivity index (χ1n) is 10.5. The molecule has 0 radical (unpaired) electrons. The van der Waals surface area contributed by atoms with Crippen molar-refractivity contribution in [3.63, 3.8) is 0 Å². The molecule has 0 unspecified atom stereocenters. The third kappa shape index (κ3) is 4.20. The lowest BCUT2D eigenvalue weighted by molar-refractivity contribution is -0.133. The van der Waals surface area contributed by atoms with Crippen LogP contribution in [0.5, 0.6) is 5.75 Å². The van der Waals surface area contributed by atoms with Gasteiger partial charge < -0.3 is 19.9 Å². The molecule has 0 aliphatic carbocycles. The van der Waals surface area contributed by atoms with Crippen molar-refractivity contribution >= 4 is 29.0 Å². The molecular formula is C22H24N8O2. The van der Waals surface area contributed by atoms with Crippen LogP contribution >= 0.6 is 0 Å². The molecule has 1 fully saturated rings. The predicted octanol–water partition coefficient (Wildman–Crippen LogP) is 2.23. The summed E-state index contributed by atoms with van der Waals surface area (Å²) in [5.41, 5.74) is 1.83. The van der Waals surface area contributed by atoms with Crippen LogP contribution in [-0.4, -0.2) is 68.4 Å². The van der Waals surface area contributed by atoms with Crippen LogP contribution in [0.3, 0.4) is 0 Å². The number of amides is 1. The Morgan fingerprint density at radius 3 is 2.69 bits per heavy atom. The largest absolute Gasteiger partial charge is 0.484 e. The minimum Gasteiger partial charge on any atom is -0.484 e. The number of aryl methyl sites for hydroxylation is 1. The molecule has 3 aromatic heterocycles. The number of benzene rings is 1. The van der Waals surface area contributed by atoms with Gasteiger partial charge in [-0.05, 0) is 31.2 Å². The van der Waals surface area contributed by atoms with Crippen molar-refractivity contribution < 1.29 is 9.53 Å². The average Bonchev–Trinajstić information content (AvgIpc) is 3.47. The van der Waals surface area contributed by atoms with Gasteiger partial charge in [0.05, 0.1) is 0 Å². The highest BCUT2D eigenvalue weighted by atomic mass is 16.5. The van der Waals surface area contributed by atoms with Gasteiger partial charge in [0.1, 0.15) is 11.3 Å². The fraction of sp³-hybridized carbons (Fsp3) is 0.273. The van der Waals surface area contributed by atoms with Crippen LogP contribution in [0.15, 0.2) is 54.7 Å². The molecule has 0 atom stereocenters. The number of nitrogens with one attached hydrogen (secondary N) is 2. The van der Waals surface area contributed by atoms with Gasteiger partial charge in [-0.25, -0.2) is 4.52 Å². The number of carbonyl (C=O) groups is 1. The quantitative estimate of drug-likeness (QED) is 0.482. The zero-order chi connectivity index (χ0) is 21.9. The average molecular weight is 432 g/mol. The zero-order valence-corrected chi connectivity index (χ0v) is 17.7. The van der Waals surface area contributed by atoms with E-state index < -0.39 is 0 Å². The third-order valence-electron chi connectivity index (χ3n) is 5.35. The molecule has 2 N–H and O–H groups in total. The molecule has 1 amide bonds. The Kier molecular flexibility index (Phi) is 5.32. The number of hydrogen-bond donors (Lipinski definition) is 2. The summed E-state index contributed by atoms with van der Waals surface area (Å²) in [7, 11) is 0. The van der Waals surface area contributed by atoms with E-state index in [4.69, 9.17) is 9.72 Å². The number of rotatable bonds is 6. The minimum atomic E-state index is -0.0217. The van der Waals surface area contributed by atoms with Crippen molar-refractivity contribution in [3.8, 4) is 5.75 Å². The van der Waals surface area contributed by atoms with E-state index in [1.165, 1.54) is 0 Å². The first kappa shape index (κ1) is 19.9. The molecule has 0 bridgehead atoms. The molecule has 1 saturated heterocycles. The second-order valence-electron chi connectivity index (χ2n) is 7.63. The van der Waals surface area contributed by atoms with Crippen LogP contribution in [0.4, 0.5) is 17.6 Å². The van der Waals surface area contributed by atoms with Crippen molar-refractivity contribution in [3.05, 3.63) is 60.4 Å². The van der Waals surface area contributed by atoms with E-state index in [0.717, 1.165) is 11.2 Å². The maximum Gasteiger partial charge on any atom is 0.260 e. The van der Waals surface area contributed by atoms with Gasteiger partial charge >= 0.3 is 0 Å². The molecule has 10 nitrogen and oxygen atoms in total. The van der Waals surface area contributed by atoms with E-state index in [2.05, 4.69) is 25.5 Å². The molecule has 32 heavy (non-hydrogen) atoms. The Morgan fingerprint density at radius 1 is 1.12 bits per heavy atom. The minimum absolute atomic E-state index is 0.0217. The summed E-state index contributed by atoms with van der Waals surface area (Å²) in [5, 5.41) is 15.1. The Morgan fingerprint density at radius 2 is 1.94 bits per heavy atom. The number of fused-ring (bicyclic) bond motifs is 1. The molecule has 10 heteroatoms. The normalized spacial score (nSPS) is 14.0. The number of para-hydroxylation sites is 1. The molecule has 0 saturated carbocycles. The molecule has 5 rings (SSSR count). The highest BCUT2D eigenvalue weighted by Crippen LogP contribution is 2.22. The summed E-state index contributed by atoms with van der Waals surface area (Å²) in [4.78, 5) is 21.2. The van der Waals surface area contributed by atoms with Crippen LogP contribution in [-0.2, 0) is 4.79 Å². The summed E-state index contributed by atoms with van der Waals surface area (Å²) in [6, 6.07) is 15.2. The van der Waals surface area contributed by atoms with Crippen molar-refractivity contribution in [2.24, 2.45) is 0 Å². The van der Waals surface area contributed by atoms with E-state index in [0.29, 0.717) is 49.5 Å². The summed E-state index contributed by atoms with van der Waals surface area (Å²) in [5.74, 6) is 2.66. The number of H-pyrrole nitrogens is 1. The van der Waals surface area contributed by atoms with Gasteiger partial charge in [-0.3, -0.25) is 9.89 Å². The number of anilines is 3. The Labute approximate surface area is 184 Å². The SMILES string of the molecule is Cc1cc(Nc2nc(N3CCN(C(=O)COc4ccccc4)CC3)nn3cccc23)n[nH]1. The first-order valence-corrected chi connectivity index (χ1v) is 10.5. The van der Waals surface area contributed by atoms with Gasteiger partial charge in [-0.15, -0.1) is 5.10 Å². The van der Waals surface area contributed by atoms with E-state index in [9.17, 15) is 4.79 Å². The lowest BCUT2D eigenvalue weighted by atomic mass is 10.3. The van der Waals surface area contributed by atoms with Crippen LogP contribution < -0.4 is 15.0 Å². The van der Waals surface area contributed by atoms with Crippen molar-refractivity contribution in [1.29, 1.82) is 0 Å². The van der Waals surface area contributed by atoms with Crippen molar-refractivity contribution in [2.45, 2.75) is 6.92 Å². The molecule has 4 heterocycles. The monoisotopic (exact) mass is 432 g/mol. The highest BCUT2D eigenvalue weighted by Gasteiger charge is 2.24. The van der Waals surface area contributed by atoms with E-state index in [-0.39, 0.29) is 12.5 Å². The van der Waals surface area contributed by atoms with Gasteiger partial charge in [-0.2, -0.15) is 10.1 Å². The molecule has 4 aromatic rings. The summed E-state index contributed by atoms with van der Waals surface area (Å²) < 4.78 is 7.40.